The largest absolute Gasteiger partial charge is 0.396 e. The summed E-state index contributed by atoms with van der Waals surface area (Å²) in [7, 11) is 1.67. The smallest absolute Gasteiger partial charge is 0.219 e. The van der Waals surface area contributed by atoms with Crippen LogP contribution in [0.3, 0.4) is 0 Å². The van der Waals surface area contributed by atoms with Crippen molar-refractivity contribution in [1.29, 1.82) is 0 Å². The number of hydrogen-bond acceptors (Lipinski definition) is 2. The Bertz CT molecular complexity index is 171. The van der Waals surface area contributed by atoms with Gasteiger partial charge in [0.1, 0.15) is 0 Å². The third-order valence-electron chi connectivity index (χ3n) is 2.09. The van der Waals surface area contributed by atoms with Gasteiger partial charge in [0.05, 0.1) is 0 Å². The van der Waals surface area contributed by atoms with Gasteiger partial charge in [-0.3, -0.25) is 4.79 Å². The summed E-state index contributed by atoms with van der Waals surface area (Å²) in [5.41, 5.74) is 0.300. The minimum atomic E-state index is 0.142. The Morgan fingerprint density at radius 3 is 2.00 bits per heavy atom. The number of rotatable bonds is 4. The van der Waals surface area contributed by atoms with Gasteiger partial charge in [-0.1, -0.05) is 34.6 Å². The van der Waals surface area contributed by atoms with Gasteiger partial charge in [-0.2, -0.15) is 0 Å². The van der Waals surface area contributed by atoms with E-state index in [0.717, 1.165) is 12.8 Å². The SMILES string of the molecule is CC(C)(C)CCO.CNC(=O)CCC(C)C. The lowest BCUT2D eigenvalue weighted by Crippen LogP contribution is -2.17. The molecule has 0 rings (SSSR count). The van der Waals surface area contributed by atoms with E-state index >= 15 is 0 Å². The Kier molecular flexibility index (Phi) is 10.7. The molecular formula is C13H29NO2. The van der Waals surface area contributed by atoms with Crippen LogP contribution in [0.4, 0.5) is 0 Å². The van der Waals surface area contributed by atoms with Crippen molar-refractivity contribution in [3.8, 4) is 0 Å². The van der Waals surface area contributed by atoms with Crippen molar-refractivity contribution < 1.29 is 9.90 Å². The number of aliphatic hydroxyl groups excluding tert-OH is 1. The molecule has 98 valence electrons. The zero-order chi connectivity index (χ0) is 13.2. The van der Waals surface area contributed by atoms with Gasteiger partial charge in [0.15, 0.2) is 0 Å². The molecular weight excluding hydrogens is 202 g/mol. The Morgan fingerprint density at radius 2 is 1.81 bits per heavy atom. The Morgan fingerprint density at radius 1 is 1.31 bits per heavy atom. The summed E-state index contributed by atoms with van der Waals surface area (Å²) in [4.78, 5) is 10.6. The Hall–Kier alpha value is -0.570. The van der Waals surface area contributed by atoms with Gasteiger partial charge in [0.2, 0.25) is 5.91 Å². The third kappa shape index (κ3) is 19.1. The van der Waals surface area contributed by atoms with Crippen LogP contribution < -0.4 is 5.32 Å². The van der Waals surface area contributed by atoms with Crippen LogP contribution in [0.2, 0.25) is 0 Å². The summed E-state index contributed by atoms with van der Waals surface area (Å²) in [5.74, 6) is 0.769. The monoisotopic (exact) mass is 231 g/mol. The predicted molar refractivity (Wildman–Crippen MR) is 69.3 cm³/mol. The van der Waals surface area contributed by atoms with Crippen LogP contribution in [0.25, 0.3) is 0 Å². The molecule has 0 aromatic rings. The number of hydrogen-bond donors (Lipinski definition) is 2. The zero-order valence-electron chi connectivity index (χ0n) is 11.8. The molecule has 2 N–H and O–H groups in total. The van der Waals surface area contributed by atoms with Gasteiger partial charge in [0, 0.05) is 20.1 Å². The number of nitrogens with one attached hydrogen (secondary N) is 1. The second kappa shape index (κ2) is 9.64. The molecule has 0 aliphatic rings. The lowest BCUT2D eigenvalue weighted by Gasteiger charge is -2.14. The molecule has 0 fully saturated rings. The number of carbonyl (C=O) groups is 1. The highest BCUT2D eigenvalue weighted by molar-refractivity contribution is 5.75. The topological polar surface area (TPSA) is 49.3 Å². The van der Waals surface area contributed by atoms with Crippen molar-refractivity contribution in [2.45, 2.75) is 53.9 Å². The van der Waals surface area contributed by atoms with Crippen molar-refractivity contribution in [3.05, 3.63) is 0 Å². The van der Waals surface area contributed by atoms with Crippen LogP contribution in [0, 0.1) is 11.3 Å². The van der Waals surface area contributed by atoms with E-state index in [4.69, 9.17) is 5.11 Å². The van der Waals surface area contributed by atoms with Crippen LogP contribution in [0.1, 0.15) is 53.9 Å². The van der Waals surface area contributed by atoms with Crippen LogP contribution >= 0.6 is 0 Å². The number of aliphatic hydroxyl groups is 1. The van der Waals surface area contributed by atoms with Gasteiger partial charge < -0.3 is 10.4 Å². The summed E-state index contributed by atoms with van der Waals surface area (Å²) in [6, 6.07) is 0. The number of amides is 1. The quantitative estimate of drug-likeness (QED) is 0.781. The van der Waals surface area contributed by atoms with Gasteiger partial charge >= 0.3 is 0 Å². The van der Waals surface area contributed by atoms with E-state index in [0.29, 0.717) is 24.4 Å². The highest BCUT2D eigenvalue weighted by Crippen LogP contribution is 2.16. The van der Waals surface area contributed by atoms with Crippen molar-refractivity contribution in [2.24, 2.45) is 11.3 Å². The summed E-state index contributed by atoms with van der Waals surface area (Å²) >= 11 is 0. The molecule has 0 spiro atoms. The van der Waals surface area contributed by atoms with Gasteiger partial charge in [0.25, 0.3) is 0 Å². The molecule has 0 atom stereocenters. The summed E-state index contributed by atoms with van der Waals surface area (Å²) in [5, 5.41) is 11.0. The molecule has 1 amide bonds. The molecule has 0 radical (unpaired) electrons. The Labute approximate surface area is 101 Å². The van der Waals surface area contributed by atoms with Crippen LogP contribution in [0.15, 0.2) is 0 Å². The highest BCUT2D eigenvalue weighted by atomic mass is 16.3. The van der Waals surface area contributed by atoms with E-state index in [2.05, 4.69) is 39.9 Å². The van der Waals surface area contributed by atoms with Gasteiger partial charge in [-0.15, -0.1) is 0 Å². The van der Waals surface area contributed by atoms with E-state index in [-0.39, 0.29) is 5.91 Å². The fraction of sp³-hybridized carbons (Fsp3) is 0.923. The first kappa shape index (κ1) is 17.8. The third-order valence-corrected chi connectivity index (χ3v) is 2.09. The number of carbonyl (C=O) groups excluding carboxylic acids is 1. The fourth-order valence-corrected chi connectivity index (χ4v) is 0.880. The van der Waals surface area contributed by atoms with Crippen molar-refractivity contribution in [2.75, 3.05) is 13.7 Å². The molecule has 0 aliphatic carbocycles. The van der Waals surface area contributed by atoms with E-state index in [1.807, 2.05) is 0 Å². The molecule has 0 heterocycles. The molecule has 0 aromatic carbocycles. The lowest BCUT2D eigenvalue weighted by molar-refractivity contribution is -0.120. The summed E-state index contributed by atoms with van der Waals surface area (Å²) in [6.07, 6.45) is 2.54. The van der Waals surface area contributed by atoms with Crippen LogP contribution in [-0.2, 0) is 4.79 Å². The predicted octanol–water partition coefficient (Wildman–Crippen LogP) is 2.58. The second-order valence-corrected chi connectivity index (χ2v) is 5.64. The average molecular weight is 231 g/mol. The molecule has 3 heteroatoms. The zero-order valence-corrected chi connectivity index (χ0v) is 11.8. The Balaban J connectivity index is 0. The van der Waals surface area contributed by atoms with E-state index in [1.165, 1.54) is 0 Å². The average Bonchev–Trinajstić information content (AvgIpc) is 2.13. The van der Waals surface area contributed by atoms with Crippen molar-refractivity contribution >= 4 is 5.91 Å². The second-order valence-electron chi connectivity index (χ2n) is 5.64. The minimum Gasteiger partial charge on any atom is -0.396 e. The minimum absolute atomic E-state index is 0.142. The maximum absolute atomic E-state index is 10.6. The first-order chi connectivity index (χ1) is 7.22. The van der Waals surface area contributed by atoms with Crippen molar-refractivity contribution in [3.63, 3.8) is 0 Å². The standard InChI is InChI=1S/C7H15NO.C6H14O/c1-6(2)4-5-7(9)8-3;1-6(2,3)4-5-7/h6H,4-5H2,1-3H3,(H,8,9);7H,4-5H2,1-3H3. The molecule has 0 aliphatic heterocycles. The molecule has 0 unspecified atom stereocenters. The van der Waals surface area contributed by atoms with E-state index in [9.17, 15) is 4.79 Å². The highest BCUT2D eigenvalue weighted by Gasteiger charge is 2.06. The molecule has 0 bridgehead atoms. The normalized spacial score (nSPS) is 10.8. The lowest BCUT2D eigenvalue weighted by atomic mass is 9.93. The van der Waals surface area contributed by atoms with E-state index < -0.39 is 0 Å². The maximum Gasteiger partial charge on any atom is 0.219 e. The maximum atomic E-state index is 10.6. The molecule has 0 aromatic heterocycles. The van der Waals surface area contributed by atoms with E-state index in [1.54, 1.807) is 7.05 Å². The van der Waals surface area contributed by atoms with Crippen LogP contribution in [-0.4, -0.2) is 24.7 Å². The molecule has 3 nitrogen and oxygen atoms in total. The first-order valence-corrected chi connectivity index (χ1v) is 6.04. The summed E-state index contributed by atoms with van der Waals surface area (Å²) < 4.78 is 0. The fourth-order valence-electron chi connectivity index (χ4n) is 0.880. The van der Waals surface area contributed by atoms with Crippen LogP contribution in [0.5, 0.6) is 0 Å². The molecule has 0 saturated heterocycles. The summed E-state index contributed by atoms with van der Waals surface area (Å²) in [6.45, 7) is 10.9. The first-order valence-electron chi connectivity index (χ1n) is 6.04. The molecule has 0 saturated carbocycles. The van der Waals surface area contributed by atoms with Crippen molar-refractivity contribution in [1.82, 2.24) is 5.32 Å². The molecule has 16 heavy (non-hydrogen) atoms. The van der Waals surface area contributed by atoms with Gasteiger partial charge in [-0.05, 0) is 24.2 Å². The van der Waals surface area contributed by atoms with Gasteiger partial charge in [-0.25, -0.2) is 0 Å².